The van der Waals surface area contributed by atoms with Crippen LogP contribution in [0.25, 0.3) is 0 Å². The number of nitrogens with one attached hydrogen (secondary N) is 2. The van der Waals surface area contributed by atoms with Crippen LogP contribution in [0.5, 0.6) is 0 Å². The van der Waals surface area contributed by atoms with E-state index >= 15 is 0 Å². The third-order valence-corrected chi connectivity index (χ3v) is 5.27. The molecule has 0 bridgehead atoms. The van der Waals surface area contributed by atoms with Crippen LogP contribution in [0.3, 0.4) is 0 Å². The summed E-state index contributed by atoms with van der Waals surface area (Å²) in [6.45, 7) is 6.91. The number of carbonyl (C=O) groups excluding carboxylic acids is 2. The lowest BCUT2D eigenvalue weighted by Crippen LogP contribution is -2.41. The molecule has 7 nitrogen and oxygen atoms in total. The molecule has 2 N–H and O–H groups in total. The number of hydrogen-bond acceptors (Lipinski definition) is 4. The molecular weight excluding hydrogens is 342 g/mol. The number of aromatic nitrogens is 3. The summed E-state index contributed by atoms with van der Waals surface area (Å²) in [6.07, 6.45) is 1.63. The molecule has 2 heterocycles. The van der Waals surface area contributed by atoms with Gasteiger partial charge in [0, 0.05) is 24.6 Å². The van der Waals surface area contributed by atoms with Crippen LogP contribution in [0.4, 0.5) is 0 Å². The monoisotopic (exact) mass is 369 g/mol. The highest BCUT2D eigenvalue weighted by Gasteiger charge is 2.40. The summed E-state index contributed by atoms with van der Waals surface area (Å²) in [5, 5.41) is 10.2. The minimum absolute atomic E-state index is 0.0168. The number of carbonyl (C=O) groups is 2. The molecule has 0 spiro atoms. The van der Waals surface area contributed by atoms with Gasteiger partial charge < -0.3 is 10.2 Å². The Balaban J connectivity index is 1.80. The number of hydrogen-bond donors (Lipinski definition) is 2. The molecule has 1 aliphatic heterocycles. The van der Waals surface area contributed by atoms with Gasteiger partial charge in [-0.1, -0.05) is 32.0 Å². The molecule has 2 unspecified atom stereocenters. The van der Waals surface area contributed by atoms with Crippen molar-refractivity contribution in [1.29, 1.82) is 0 Å². The van der Waals surface area contributed by atoms with Crippen LogP contribution in [-0.2, 0) is 4.79 Å². The van der Waals surface area contributed by atoms with Crippen molar-refractivity contribution in [3.63, 3.8) is 0 Å². The fraction of sp³-hybridized carbons (Fsp3) is 0.500. The molecule has 1 aromatic carbocycles. The van der Waals surface area contributed by atoms with Gasteiger partial charge in [0.2, 0.25) is 5.91 Å². The Hall–Kier alpha value is -2.70. The smallest absolute Gasteiger partial charge is 0.251 e. The molecule has 1 fully saturated rings. The molecule has 27 heavy (non-hydrogen) atoms. The van der Waals surface area contributed by atoms with E-state index in [0.717, 1.165) is 18.7 Å². The van der Waals surface area contributed by atoms with Crippen LogP contribution < -0.4 is 5.32 Å². The summed E-state index contributed by atoms with van der Waals surface area (Å²) in [7, 11) is 0. The number of rotatable bonds is 6. The molecule has 1 aliphatic rings. The minimum atomic E-state index is -0.216. The van der Waals surface area contributed by atoms with E-state index in [1.165, 1.54) is 0 Å². The lowest BCUT2D eigenvalue weighted by Gasteiger charge is -2.21. The third-order valence-electron chi connectivity index (χ3n) is 5.27. The standard InChI is InChI=1S/C20H27N5O2/c1-4-14(5-2)20(27)25-11-16(18-21-13(3)23-24-18)17(12-25)22-19(26)15-9-7-6-8-10-15/h6-10,14,16-17H,4-5,11-12H2,1-3H3,(H,22,26)(H,21,23,24). The van der Waals surface area contributed by atoms with Gasteiger partial charge in [-0.2, -0.15) is 5.10 Å². The Morgan fingerprint density at radius 3 is 2.52 bits per heavy atom. The van der Waals surface area contributed by atoms with E-state index < -0.39 is 0 Å². The average Bonchev–Trinajstić information content (AvgIpc) is 3.29. The fourth-order valence-corrected chi connectivity index (χ4v) is 3.65. The normalized spacial score (nSPS) is 19.5. The van der Waals surface area contributed by atoms with Crippen molar-refractivity contribution in [3.8, 4) is 0 Å². The number of likely N-dealkylation sites (tertiary alicyclic amines) is 1. The first-order chi connectivity index (χ1) is 13.0. The maximum absolute atomic E-state index is 12.9. The Kier molecular flexibility index (Phi) is 5.88. The second kappa shape index (κ2) is 8.33. The van der Waals surface area contributed by atoms with Gasteiger partial charge in [0.1, 0.15) is 5.82 Å². The topological polar surface area (TPSA) is 91.0 Å². The molecule has 1 aromatic heterocycles. The van der Waals surface area contributed by atoms with Gasteiger partial charge in [-0.15, -0.1) is 0 Å². The Morgan fingerprint density at radius 2 is 1.93 bits per heavy atom. The Bertz CT molecular complexity index is 785. The van der Waals surface area contributed by atoms with Crippen molar-refractivity contribution in [3.05, 3.63) is 47.5 Å². The Labute approximate surface area is 159 Å². The minimum Gasteiger partial charge on any atom is -0.347 e. The van der Waals surface area contributed by atoms with Crippen LogP contribution in [-0.4, -0.2) is 51.0 Å². The van der Waals surface area contributed by atoms with E-state index in [9.17, 15) is 9.59 Å². The Morgan fingerprint density at radius 1 is 1.22 bits per heavy atom. The maximum Gasteiger partial charge on any atom is 0.251 e. The summed E-state index contributed by atoms with van der Waals surface area (Å²) in [6, 6.07) is 8.89. The zero-order valence-electron chi connectivity index (χ0n) is 16.1. The van der Waals surface area contributed by atoms with Crippen molar-refractivity contribution in [1.82, 2.24) is 25.4 Å². The molecule has 0 radical (unpaired) electrons. The van der Waals surface area contributed by atoms with E-state index in [0.29, 0.717) is 24.5 Å². The molecule has 144 valence electrons. The first-order valence-corrected chi connectivity index (χ1v) is 9.57. The van der Waals surface area contributed by atoms with E-state index in [2.05, 4.69) is 20.5 Å². The van der Waals surface area contributed by atoms with E-state index in [-0.39, 0.29) is 29.7 Å². The van der Waals surface area contributed by atoms with E-state index in [1.54, 1.807) is 12.1 Å². The third kappa shape index (κ3) is 4.18. The van der Waals surface area contributed by atoms with E-state index in [4.69, 9.17) is 0 Å². The number of H-pyrrole nitrogens is 1. The van der Waals surface area contributed by atoms with E-state index in [1.807, 2.05) is 43.9 Å². The summed E-state index contributed by atoms with van der Waals surface area (Å²) in [5.74, 6) is 1.26. The molecular formula is C20H27N5O2. The lowest BCUT2D eigenvalue weighted by molar-refractivity contribution is -0.134. The second-order valence-electron chi connectivity index (χ2n) is 7.09. The molecule has 0 aliphatic carbocycles. The molecule has 1 saturated heterocycles. The van der Waals surface area contributed by atoms with Crippen LogP contribution in [0, 0.1) is 12.8 Å². The molecule has 0 saturated carbocycles. The maximum atomic E-state index is 12.9. The summed E-state index contributed by atoms with van der Waals surface area (Å²) >= 11 is 0. The van der Waals surface area contributed by atoms with Gasteiger partial charge in [-0.3, -0.25) is 14.7 Å². The molecule has 2 amide bonds. The van der Waals surface area contributed by atoms with Gasteiger partial charge >= 0.3 is 0 Å². The number of amides is 2. The van der Waals surface area contributed by atoms with Crippen LogP contribution in [0.15, 0.2) is 30.3 Å². The fourth-order valence-electron chi connectivity index (χ4n) is 3.65. The number of nitrogens with zero attached hydrogens (tertiary/aromatic N) is 3. The van der Waals surface area contributed by atoms with Gasteiger partial charge in [0.25, 0.3) is 5.91 Å². The second-order valence-corrected chi connectivity index (χ2v) is 7.09. The van der Waals surface area contributed by atoms with Gasteiger partial charge in [0.05, 0.1) is 12.0 Å². The van der Waals surface area contributed by atoms with Crippen molar-refractivity contribution >= 4 is 11.8 Å². The molecule has 2 aromatic rings. The van der Waals surface area contributed by atoms with Gasteiger partial charge in [0.15, 0.2) is 5.82 Å². The number of aryl methyl sites for hydroxylation is 1. The summed E-state index contributed by atoms with van der Waals surface area (Å²) in [5.41, 5.74) is 0.604. The highest BCUT2D eigenvalue weighted by atomic mass is 16.2. The predicted octanol–water partition coefficient (Wildman–Crippen LogP) is 2.27. The highest BCUT2D eigenvalue weighted by molar-refractivity contribution is 5.94. The van der Waals surface area contributed by atoms with Crippen LogP contribution in [0.2, 0.25) is 0 Å². The van der Waals surface area contributed by atoms with Crippen molar-refractivity contribution in [2.24, 2.45) is 5.92 Å². The van der Waals surface area contributed by atoms with Crippen molar-refractivity contribution < 1.29 is 9.59 Å². The average molecular weight is 369 g/mol. The number of benzene rings is 1. The first-order valence-electron chi connectivity index (χ1n) is 9.57. The lowest BCUT2D eigenvalue weighted by atomic mass is 10.0. The molecule has 3 rings (SSSR count). The summed E-state index contributed by atoms with van der Waals surface area (Å²) in [4.78, 5) is 31.8. The van der Waals surface area contributed by atoms with Gasteiger partial charge in [-0.25, -0.2) is 4.98 Å². The van der Waals surface area contributed by atoms with Crippen LogP contribution in [0.1, 0.15) is 54.6 Å². The molecule has 7 heteroatoms. The highest BCUT2D eigenvalue weighted by Crippen LogP contribution is 2.28. The first kappa shape index (κ1) is 19.1. The van der Waals surface area contributed by atoms with Crippen molar-refractivity contribution in [2.75, 3.05) is 13.1 Å². The zero-order valence-corrected chi connectivity index (χ0v) is 16.1. The largest absolute Gasteiger partial charge is 0.347 e. The molecule has 2 atom stereocenters. The summed E-state index contributed by atoms with van der Waals surface area (Å²) < 4.78 is 0. The SMILES string of the molecule is CCC(CC)C(=O)N1CC(NC(=O)c2ccccc2)C(c2n[nH]c(C)n2)C1. The van der Waals surface area contributed by atoms with Gasteiger partial charge in [-0.05, 0) is 31.9 Å². The zero-order chi connectivity index (χ0) is 19.4. The van der Waals surface area contributed by atoms with Crippen molar-refractivity contribution in [2.45, 2.75) is 45.6 Å². The predicted molar refractivity (Wildman–Crippen MR) is 102 cm³/mol. The van der Waals surface area contributed by atoms with Crippen LogP contribution >= 0.6 is 0 Å². The number of aromatic amines is 1. The quantitative estimate of drug-likeness (QED) is 0.817.